The van der Waals surface area contributed by atoms with Gasteiger partial charge in [0.1, 0.15) is 0 Å². The molecule has 2 rings (SSSR count). The third-order valence-corrected chi connectivity index (χ3v) is 3.35. The predicted molar refractivity (Wildman–Crippen MR) is 69.0 cm³/mol. The number of hydrogen-bond donors (Lipinski definition) is 0. The van der Waals surface area contributed by atoms with E-state index in [0.29, 0.717) is 12.2 Å². The SMILES string of the molecule is COC(=O)c1nnn(CC2CCCCO2)c1C(C)C. The first-order valence-corrected chi connectivity index (χ1v) is 6.76. The van der Waals surface area contributed by atoms with Gasteiger partial charge in [-0.1, -0.05) is 19.1 Å². The molecule has 1 aromatic heterocycles. The van der Waals surface area contributed by atoms with Crippen molar-refractivity contribution in [2.24, 2.45) is 0 Å². The molecule has 0 saturated carbocycles. The third kappa shape index (κ3) is 3.12. The predicted octanol–water partition coefficient (Wildman–Crippen LogP) is 1.76. The van der Waals surface area contributed by atoms with Crippen molar-refractivity contribution in [2.75, 3.05) is 13.7 Å². The average molecular weight is 267 g/mol. The van der Waals surface area contributed by atoms with E-state index in [1.807, 2.05) is 13.8 Å². The summed E-state index contributed by atoms with van der Waals surface area (Å²) >= 11 is 0. The standard InChI is InChI=1S/C13H21N3O3/c1-9(2)12-11(13(17)18-3)14-15-16(12)8-10-6-4-5-7-19-10/h9-10H,4-8H2,1-3H3. The van der Waals surface area contributed by atoms with E-state index in [4.69, 9.17) is 9.47 Å². The molecule has 106 valence electrons. The third-order valence-electron chi connectivity index (χ3n) is 3.35. The Morgan fingerprint density at radius 3 is 2.89 bits per heavy atom. The van der Waals surface area contributed by atoms with Crippen molar-refractivity contribution in [3.05, 3.63) is 11.4 Å². The lowest BCUT2D eigenvalue weighted by atomic mass is 10.1. The zero-order valence-corrected chi connectivity index (χ0v) is 11.8. The van der Waals surface area contributed by atoms with E-state index in [0.717, 1.165) is 25.1 Å². The topological polar surface area (TPSA) is 66.2 Å². The first-order chi connectivity index (χ1) is 9.13. The van der Waals surface area contributed by atoms with Gasteiger partial charge in [0, 0.05) is 6.61 Å². The van der Waals surface area contributed by atoms with Crippen molar-refractivity contribution in [1.29, 1.82) is 0 Å². The van der Waals surface area contributed by atoms with Gasteiger partial charge in [0.05, 0.1) is 25.5 Å². The van der Waals surface area contributed by atoms with Crippen molar-refractivity contribution in [3.63, 3.8) is 0 Å². The molecule has 0 spiro atoms. The van der Waals surface area contributed by atoms with Gasteiger partial charge in [0.15, 0.2) is 5.69 Å². The van der Waals surface area contributed by atoms with Gasteiger partial charge in [-0.3, -0.25) is 0 Å². The van der Waals surface area contributed by atoms with Crippen molar-refractivity contribution < 1.29 is 14.3 Å². The number of aromatic nitrogens is 3. The van der Waals surface area contributed by atoms with Crippen LogP contribution in [0.3, 0.4) is 0 Å². The van der Waals surface area contributed by atoms with Crippen LogP contribution >= 0.6 is 0 Å². The first-order valence-electron chi connectivity index (χ1n) is 6.76. The minimum Gasteiger partial charge on any atom is -0.464 e. The number of hydrogen-bond acceptors (Lipinski definition) is 5. The Labute approximate surface area is 113 Å². The summed E-state index contributed by atoms with van der Waals surface area (Å²) in [6.45, 7) is 5.49. The van der Waals surface area contributed by atoms with Crippen LogP contribution in [0, 0.1) is 0 Å². The van der Waals surface area contributed by atoms with Gasteiger partial charge in [0.2, 0.25) is 0 Å². The Hall–Kier alpha value is -1.43. The molecule has 2 heterocycles. The van der Waals surface area contributed by atoms with Crippen molar-refractivity contribution in [3.8, 4) is 0 Å². The average Bonchev–Trinajstić information content (AvgIpc) is 2.83. The zero-order valence-electron chi connectivity index (χ0n) is 11.8. The highest BCUT2D eigenvalue weighted by molar-refractivity contribution is 5.88. The van der Waals surface area contributed by atoms with Gasteiger partial charge in [-0.2, -0.15) is 0 Å². The number of carbonyl (C=O) groups excluding carboxylic acids is 1. The molecule has 1 unspecified atom stereocenters. The van der Waals surface area contributed by atoms with E-state index < -0.39 is 5.97 Å². The lowest BCUT2D eigenvalue weighted by molar-refractivity contribution is 0.00310. The molecular formula is C13H21N3O3. The van der Waals surface area contributed by atoms with E-state index in [1.165, 1.54) is 13.5 Å². The minimum atomic E-state index is -0.431. The minimum absolute atomic E-state index is 0.160. The largest absolute Gasteiger partial charge is 0.464 e. The van der Waals surface area contributed by atoms with Crippen LogP contribution in [-0.4, -0.2) is 40.8 Å². The van der Waals surface area contributed by atoms with E-state index >= 15 is 0 Å². The highest BCUT2D eigenvalue weighted by Gasteiger charge is 2.24. The highest BCUT2D eigenvalue weighted by atomic mass is 16.5. The molecular weight excluding hydrogens is 246 g/mol. The van der Waals surface area contributed by atoms with Gasteiger partial charge in [-0.15, -0.1) is 5.10 Å². The van der Waals surface area contributed by atoms with E-state index in [9.17, 15) is 4.79 Å². The number of ether oxygens (including phenoxy) is 2. The summed E-state index contributed by atoms with van der Waals surface area (Å²) in [5.74, 6) is -0.271. The number of esters is 1. The number of nitrogens with zero attached hydrogens (tertiary/aromatic N) is 3. The Kier molecular flexibility index (Phi) is 4.52. The van der Waals surface area contributed by atoms with Crippen LogP contribution in [0.15, 0.2) is 0 Å². The number of methoxy groups -OCH3 is 1. The van der Waals surface area contributed by atoms with Gasteiger partial charge in [-0.25, -0.2) is 9.48 Å². The summed E-state index contributed by atoms with van der Waals surface area (Å²) in [5, 5.41) is 8.04. The van der Waals surface area contributed by atoms with Crippen LogP contribution in [0.1, 0.15) is 55.2 Å². The van der Waals surface area contributed by atoms with E-state index in [-0.39, 0.29) is 12.0 Å². The maximum Gasteiger partial charge on any atom is 0.360 e. The fourth-order valence-corrected chi connectivity index (χ4v) is 2.41. The van der Waals surface area contributed by atoms with Gasteiger partial charge in [0.25, 0.3) is 0 Å². The molecule has 19 heavy (non-hydrogen) atoms. The van der Waals surface area contributed by atoms with E-state index in [2.05, 4.69) is 10.3 Å². The van der Waals surface area contributed by atoms with Crippen molar-refractivity contribution in [2.45, 2.75) is 51.7 Å². The summed E-state index contributed by atoms with van der Waals surface area (Å²) in [6, 6.07) is 0. The smallest absolute Gasteiger partial charge is 0.360 e. The molecule has 0 aromatic carbocycles. The van der Waals surface area contributed by atoms with Crippen LogP contribution < -0.4 is 0 Å². The van der Waals surface area contributed by atoms with E-state index in [1.54, 1.807) is 4.68 Å². The molecule has 1 fully saturated rings. The maximum absolute atomic E-state index is 11.7. The molecule has 0 bridgehead atoms. The maximum atomic E-state index is 11.7. The quantitative estimate of drug-likeness (QED) is 0.778. The second kappa shape index (κ2) is 6.14. The zero-order chi connectivity index (χ0) is 13.8. The molecule has 1 aliphatic rings. The molecule has 1 atom stereocenters. The molecule has 1 aromatic rings. The molecule has 1 aliphatic heterocycles. The van der Waals surface area contributed by atoms with Crippen LogP contribution in [0.4, 0.5) is 0 Å². The van der Waals surface area contributed by atoms with Crippen molar-refractivity contribution >= 4 is 5.97 Å². The van der Waals surface area contributed by atoms with Crippen molar-refractivity contribution in [1.82, 2.24) is 15.0 Å². The summed E-state index contributed by atoms with van der Waals surface area (Å²) in [6.07, 6.45) is 3.50. The van der Waals surface area contributed by atoms with Crippen LogP contribution in [0.2, 0.25) is 0 Å². The molecule has 6 nitrogen and oxygen atoms in total. The van der Waals surface area contributed by atoms with Crippen LogP contribution in [0.25, 0.3) is 0 Å². The second-order valence-electron chi connectivity index (χ2n) is 5.14. The lowest BCUT2D eigenvalue weighted by Crippen LogP contribution is -2.26. The lowest BCUT2D eigenvalue weighted by Gasteiger charge is -2.23. The Balaban J connectivity index is 2.19. The fraction of sp³-hybridized carbons (Fsp3) is 0.769. The van der Waals surface area contributed by atoms with Crippen LogP contribution in [0.5, 0.6) is 0 Å². The van der Waals surface area contributed by atoms with Gasteiger partial charge in [-0.05, 0) is 25.2 Å². The second-order valence-corrected chi connectivity index (χ2v) is 5.14. The Morgan fingerprint density at radius 1 is 1.53 bits per heavy atom. The monoisotopic (exact) mass is 267 g/mol. The summed E-state index contributed by atoms with van der Waals surface area (Å²) in [7, 11) is 1.36. The summed E-state index contributed by atoms with van der Waals surface area (Å²) < 4.78 is 12.2. The van der Waals surface area contributed by atoms with Crippen LogP contribution in [-0.2, 0) is 16.0 Å². The molecule has 0 aliphatic carbocycles. The molecule has 0 N–H and O–H groups in total. The molecule has 0 radical (unpaired) electrons. The molecule has 1 saturated heterocycles. The first kappa shape index (κ1) is 14.0. The normalized spacial score (nSPS) is 19.7. The summed E-state index contributed by atoms with van der Waals surface area (Å²) in [5.41, 5.74) is 1.13. The van der Waals surface area contributed by atoms with Gasteiger partial charge < -0.3 is 9.47 Å². The number of carbonyl (C=O) groups is 1. The molecule has 6 heteroatoms. The molecule has 0 amide bonds. The highest BCUT2D eigenvalue weighted by Crippen LogP contribution is 2.21. The Bertz CT molecular complexity index is 436. The number of rotatable bonds is 4. The fourth-order valence-electron chi connectivity index (χ4n) is 2.41. The van der Waals surface area contributed by atoms with Gasteiger partial charge >= 0.3 is 5.97 Å². The Morgan fingerprint density at radius 2 is 2.32 bits per heavy atom. The summed E-state index contributed by atoms with van der Waals surface area (Å²) in [4.78, 5) is 11.7.